The van der Waals surface area contributed by atoms with E-state index in [0.717, 1.165) is 22.4 Å². The number of fused-ring (bicyclic) bond motifs is 1. The number of piperidine rings is 1. The van der Waals surface area contributed by atoms with Gasteiger partial charge in [-0.3, -0.25) is 10.1 Å². The van der Waals surface area contributed by atoms with E-state index in [2.05, 4.69) is 33.6 Å². The quantitative estimate of drug-likeness (QED) is 0.392. The van der Waals surface area contributed by atoms with Gasteiger partial charge in [0.15, 0.2) is 0 Å². The van der Waals surface area contributed by atoms with Gasteiger partial charge in [-0.05, 0) is 54.3 Å². The highest BCUT2D eigenvalue weighted by atomic mass is 35.5. The predicted molar refractivity (Wildman–Crippen MR) is 138 cm³/mol. The fourth-order valence-corrected chi connectivity index (χ4v) is 5.37. The van der Waals surface area contributed by atoms with Crippen molar-refractivity contribution < 1.29 is 9.53 Å². The van der Waals surface area contributed by atoms with Crippen LogP contribution in [0, 0.1) is 11.8 Å². The van der Waals surface area contributed by atoms with Gasteiger partial charge in [0.2, 0.25) is 5.91 Å². The average molecular weight is 491 g/mol. The van der Waals surface area contributed by atoms with Gasteiger partial charge in [-0.25, -0.2) is 10.9 Å². The lowest BCUT2D eigenvalue weighted by Crippen LogP contribution is -2.54. The highest BCUT2D eigenvalue weighted by Crippen LogP contribution is 2.42. The Morgan fingerprint density at radius 2 is 1.69 bits per heavy atom. The molecule has 5 atom stereocenters. The van der Waals surface area contributed by atoms with Crippen LogP contribution < -0.4 is 26.2 Å². The Labute approximate surface area is 211 Å². The number of rotatable bonds is 7. The number of benzene rings is 3. The van der Waals surface area contributed by atoms with Crippen molar-refractivity contribution in [3.05, 3.63) is 101 Å². The summed E-state index contributed by atoms with van der Waals surface area (Å²) in [5.41, 5.74) is 10.2. The van der Waals surface area contributed by atoms with Crippen LogP contribution >= 0.6 is 11.6 Å². The van der Waals surface area contributed by atoms with Gasteiger partial charge in [-0.15, -0.1) is 0 Å². The van der Waals surface area contributed by atoms with Crippen molar-refractivity contribution in [2.75, 3.05) is 6.61 Å². The highest BCUT2D eigenvalue weighted by Gasteiger charge is 2.49. The number of hydrogen-bond donors (Lipinski definition) is 4. The average Bonchev–Trinajstić information content (AvgIpc) is 3.32. The molecule has 0 saturated carbocycles. The zero-order valence-electron chi connectivity index (χ0n) is 19.7. The third-order valence-electron chi connectivity index (χ3n) is 6.97. The lowest BCUT2D eigenvalue weighted by atomic mass is 9.74. The molecule has 0 radical (unpaired) electrons. The van der Waals surface area contributed by atoms with Crippen LogP contribution in [0.4, 0.5) is 0 Å². The Morgan fingerprint density at radius 3 is 2.40 bits per heavy atom. The van der Waals surface area contributed by atoms with Crippen molar-refractivity contribution in [2.45, 2.75) is 38.1 Å². The fraction of sp³-hybridized carbons (Fsp3) is 0.321. The second-order valence-corrected chi connectivity index (χ2v) is 9.58. The van der Waals surface area contributed by atoms with E-state index in [4.69, 9.17) is 16.3 Å². The Hall–Kier alpha value is -2.90. The lowest BCUT2D eigenvalue weighted by Gasteiger charge is -2.40. The Morgan fingerprint density at radius 1 is 0.971 bits per heavy atom. The molecule has 0 aromatic heterocycles. The monoisotopic (exact) mass is 490 g/mol. The van der Waals surface area contributed by atoms with Gasteiger partial charge in [-0.1, -0.05) is 66.2 Å². The van der Waals surface area contributed by atoms with E-state index >= 15 is 0 Å². The van der Waals surface area contributed by atoms with Crippen LogP contribution in [-0.2, 0) is 11.3 Å². The maximum absolute atomic E-state index is 13.6. The standard InChI is InChI=1S/C28H31ClN4O2/c1-2-35-22-14-10-19(11-15-22)24-16-23(28(34)30-17-18-6-4-3-5-7-18)25-26(32-33-27(25)31-24)20-8-12-21(29)13-9-20/h3-15,23-27,31-33H,2,16-17H2,1H3,(H,30,34). The minimum Gasteiger partial charge on any atom is -0.494 e. The smallest absolute Gasteiger partial charge is 0.223 e. The largest absolute Gasteiger partial charge is 0.494 e. The van der Waals surface area contributed by atoms with Crippen molar-refractivity contribution in [3.63, 3.8) is 0 Å². The highest BCUT2D eigenvalue weighted by molar-refractivity contribution is 6.30. The topological polar surface area (TPSA) is 74.4 Å². The van der Waals surface area contributed by atoms with E-state index in [1.165, 1.54) is 0 Å². The third kappa shape index (κ3) is 5.36. The molecule has 4 N–H and O–H groups in total. The number of halogens is 1. The first-order chi connectivity index (χ1) is 17.1. The molecular formula is C28H31ClN4O2. The summed E-state index contributed by atoms with van der Waals surface area (Å²) in [6.45, 7) is 3.13. The minimum absolute atomic E-state index is 0.0153. The second kappa shape index (κ2) is 10.8. The van der Waals surface area contributed by atoms with E-state index in [9.17, 15) is 4.79 Å². The van der Waals surface area contributed by atoms with Gasteiger partial charge in [0.1, 0.15) is 5.75 Å². The summed E-state index contributed by atoms with van der Waals surface area (Å²) in [6, 6.07) is 26.1. The number of ether oxygens (including phenoxy) is 1. The van der Waals surface area contributed by atoms with Crippen molar-refractivity contribution in [1.82, 2.24) is 21.5 Å². The molecule has 5 unspecified atom stereocenters. The number of carbonyl (C=O) groups excluding carboxylic acids is 1. The fourth-order valence-electron chi connectivity index (χ4n) is 5.25. The van der Waals surface area contributed by atoms with Gasteiger partial charge in [0.25, 0.3) is 0 Å². The van der Waals surface area contributed by atoms with Crippen LogP contribution in [0.1, 0.15) is 42.1 Å². The Kier molecular flexibility index (Phi) is 7.35. The summed E-state index contributed by atoms with van der Waals surface area (Å²) in [5, 5.41) is 7.63. The van der Waals surface area contributed by atoms with Crippen molar-refractivity contribution in [3.8, 4) is 5.75 Å². The predicted octanol–water partition coefficient (Wildman–Crippen LogP) is 4.50. The van der Waals surface area contributed by atoms with E-state index in [1.54, 1.807) is 0 Å². The van der Waals surface area contributed by atoms with Crippen LogP contribution in [-0.4, -0.2) is 18.7 Å². The van der Waals surface area contributed by atoms with Crippen molar-refractivity contribution in [2.24, 2.45) is 11.8 Å². The molecule has 0 bridgehead atoms. The SMILES string of the molecule is CCOc1ccc(C2CC(C(=O)NCc3ccccc3)C3C(NNC3c3ccc(Cl)cc3)N2)cc1. The molecule has 2 aliphatic rings. The van der Waals surface area contributed by atoms with Crippen molar-refractivity contribution >= 4 is 17.5 Å². The van der Waals surface area contributed by atoms with Gasteiger partial charge in [0, 0.05) is 29.4 Å². The van der Waals surface area contributed by atoms with Crippen LogP contribution in [0.15, 0.2) is 78.9 Å². The molecule has 2 fully saturated rings. The number of carbonyl (C=O) groups is 1. The molecule has 0 spiro atoms. The number of nitrogens with one attached hydrogen (secondary N) is 4. The van der Waals surface area contributed by atoms with Gasteiger partial charge in [-0.2, -0.15) is 0 Å². The molecule has 2 saturated heterocycles. The normalized spacial score (nSPS) is 25.6. The maximum atomic E-state index is 13.6. The molecule has 5 rings (SSSR count). The first-order valence-corrected chi connectivity index (χ1v) is 12.6. The number of amides is 1. The number of hydrogen-bond acceptors (Lipinski definition) is 5. The van der Waals surface area contributed by atoms with Gasteiger partial charge in [0.05, 0.1) is 18.8 Å². The molecule has 2 aliphatic heterocycles. The first-order valence-electron chi connectivity index (χ1n) is 12.2. The molecule has 3 aromatic carbocycles. The molecule has 7 heteroatoms. The lowest BCUT2D eigenvalue weighted by molar-refractivity contribution is -0.129. The summed E-state index contributed by atoms with van der Waals surface area (Å²) in [5.74, 6) is 0.770. The minimum atomic E-state index is -0.190. The second-order valence-electron chi connectivity index (χ2n) is 9.14. The zero-order valence-corrected chi connectivity index (χ0v) is 20.5. The molecule has 2 heterocycles. The molecule has 3 aromatic rings. The Balaban J connectivity index is 1.39. The molecule has 35 heavy (non-hydrogen) atoms. The summed E-state index contributed by atoms with van der Waals surface area (Å²) in [6.07, 6.45) is 0.636. The van der Waals surface area contributed by atoms with E-state index in [1.807, 2.05) is 73.7 Å². The zero-order chi connectivity index (χ0) is 24.2. The van der Waals surface area contributed by atoms with E-state index < -0.39 is 0 Å². The first kappa shape index (κ1) is 23.8. The molecule has 1 amide bonds. The van der Waals surface area contributed by atoms with Gasteiger partial charge < -0.3 is 10.1 Å². The van der Waals surface area contributed by atoms with Crippen LogP contribution in [0.3, 0.4) is 0 Å². The van der Waals surface area contributed by atoms with Crippen LogP contribution in [0.25, 0.3) is 0 Å². The maximum Gasteiger partial charge on any atom is 0.223 e. The summed E-state index contributed by atoms with van der Waals surface area (Å²) < 4.78 is 5.61. The summed E-state index contributed by atoms with van der Waals surface area (Å²) in [7, 11) is 0. The third-order valence-corrected chi connectivity index (χ3v) is 7.22. The summed E-state index contributed by atoms with van der Waals surface area (Å²) in [4.78, 5) is 13.6. The number of hydrazine groups is 1. The van der Waals surface area contributed by atoms with E-state index in [0.29, 0.717) is 24.6 Å². The van der Waals surface area contributed by atoms with E-state index in [-0.39, 0.29) is 36.0 Å². The molecule has 0 aliphatic carbocycles. The molecule has 182 valence electrons. The Bertz CT molecular complexity index is 1120. The van der Waals surface area contributed by atoms with Crippen LogP contribution in [0.5, 0.6) is 5.75 Å². The molecular weight excluding hydrogens is 460 g/mol. The van der Waals surface area contributed by atoms with Crippen molar-refractivity contribution in [1.29, 1.82) is 0 Å². The molecule has 6 nitrogen and oxygen atoms in total. The van der Waals surface area contributed by atoms with Crippen LogP contribution in [0.2, 0.25) is 5.02 Å². The van der Waals surface area contributed by atoms with Gasteiger partial charge >= 0.3 is 0 Å². The summed E-state index contributed by atoms with van der Waals surface area (Å²) >= 11 is 6.13.